The van der Waals surface area contributed by atoms with Gasteiger partial charge in [-0.2, -0.15) is 0 Å². The van der Waals surface area contributed by atoms with E-state index in [0.29, 0.717) is 5.41 Å². The number of hydrogen-bond acceptors (Lipinski definition) is 1. The van der Waals surface area contributed by atoms with Gasteiger partial charge in [0.1, 0.15) is 0 Å². The van der Waals surface area contributed by atoms with Crippen LogP contribution in [0.2, 0.25) is 0 Å². The third-order valence-corrected chi connectivity index (χ3v) is 4.40. The van der Waals surface area contributed by atoms with Gasteiger partial charge in [0.25, 0.3) is 0 Å². The Labute approximate surface area is 105 Å². The summed E-state index contributed by atoms with van der Waals surface area (Å²) in [7, 11) is 0. The standard InChI is InChI=1S/C15H25NO/c1-12-5-6-13(2)16(12)11-15(17)9-7-14(3,4)8-10-15/h5-6,17H,7-11H2,1-4H3. The van der Waals surface area contributed by atoms with Crippen molar-refractivity contribution >= 4 is 0 Å². The molecule has 0 atom stereocenters. The minimum atomic E-state index is -0.496. The van der Waals surface area contributed by atoms with E-state index in [-0.39, 0.29) is 0 Å². The Morgan fingerprint density at radius 2 is 1.53 bits per heavy atom. The van der Waals surface area contributed by atoms with Gasteiger partial charge in [-0.3, -0.25) is 0 Å². The average molecular weight is 235 g/mol. The van der Waals surface area contributed by atoms with E-state index in [4.69, 9.17) is 0 Å². The minimum Gasteiger partial charge on any atom is -0.388 e. The van der Waals surface area contributed by atoms with Crippen molar-refractivity contribution in [2.45, 2.75) is 65.5 Å². The Kier molecular flexibility index (Phi) is 3.11. The van der Waals surface area contributed by atoms with Crippen LogP contribution in [-0.2, 0) is 6.54 Å². The lowest BCUT2D eigenvalue weighted by Crippen LogP contribution is -2.40. The summed E-state index contributed by atoms with van der Waals surface area (Å²) < 4.78 is 2.25. The fourth-order valence-corrected chi connectivity index (χ4v) is 2.79. The number of aryl methyl sites for hydroxylation is 2. The van der Waals surface area contributed by atoms with Crippen LogP contribution in [0.3, 0.4) is 0 Å². The number of nitrogens with zero attached hydrogens (tertiary/aromatic N) is 1. The molecule has 0 bridgehead atoms. The molecule has 0 saturated heterocycles. The zero-order valence-electron chi connectivity index (χ0n) is 11.6. The van der Waals surface area contributed by atoms with Gasteiger partial charge < -0.3 is 9.67 Å². The first-order valence-corrected chi connectivity index (χ1v) is 6.67. The van der Waals surface area contributed by atoms with Crippen molar-refractivity contribution in [1.29, 1.82) is 0 Å². The Bertz CT molecular complexity index is 374. The lowest BCUT2D eigenvalue weighted by atomic mass is 9.71. The molecule has 1 aromatic heterocycles. The molecule has 1 fully saturated rings. The van der Waals surface area contributed by atoms with E-state index in [1.807, 2.05) is 0 Å². The fourth-order valence-electron chi connectivity index (χ4n) is 2.79. The van der Waals surface area contributed by atoms with Crippen molar-refractivity contribution in [2.24, 2.45) is 5.41 Å². The highest BCUT2D eigenvalue weighted by molar-refractivity contribution is 5.14. The second-order valence-corrected chi connectivity index (χ2v) is 6.59. The summed E-state index contributed by atoms with van der Waals surface area (Å²) in [5.41, 5.74) is 2.42. The van der Waals surface area contributed by atoms with Crippen molar-refractivity contribution in [3.8, 4) is 0 Å². The molecular formula is C15H25NO. The molecule has 0 aromatic carbocycles. The van der Waals surface area contributed by atoms with E-state index in [2.05, 4.69) is 44.4 Å². The third kappa shape index (κ3) is 2.74. The fraction of sp³-hybridized carbons (Fsp3) is 0.733. The molecule has 0 radical (unpaired) electrons. The van der Waals surface area contributed by atoms with Gasteiger partial charge >= 0.3 is 0 Å². The Balaban J connectivity index is 2.09. The topological polar surface area (TPSA) is 25.2 Å². The lowest BCUT2D eigenvalue weighted by Gasteiger charge is -2.40. The van der Waals surface area contributed by atoms with Gasteiger partial charge in [0.05, 0.1) is 12.1 Å². The van der Waals surface area contributed by atoms with Gasteiger partial charge in [-0.1, -0.05) is 13.8 Å². The third-order valence-electron chi connectivity index (χ3n) is 4.40. The van der Waals surface area contributed by atoms with Crippen molar-refractivity contribution < 1.29 is 5.11 Å². The minimum absolute atomic E-state index is 0.410. The van der Waals surface area contributed by atoms with Gasteiger partial charge in [0.2, 0.25) is 0 Å². The molecule has 2 nitrogen and oxygen atoms in total. The zero-order valence-corrected chi connectivity index (χ0v) is 11.6. The summed E-state index contributed by atoms with van der Waals surface area (Å²) in [5.74, 6) is 0. The van der Waals surface area contributed by atoms with Crippen LogP contribution in [0.1, 0.15) is 50.9 Å². The predicted octanol–water partition coefficient (Wildman–Crippen LogP) is 3.44. The highest BCUT2D eigenvalue weighted by atomic mass is 16.3. The SMILES string of the molecule is Cc1ccc(C)n1CC1(O)CCC(C)(C)CC1. The van der Waals surface area contributed by atoms with E-state index in [1.54, 1.807) is 0 Å². The maximum Gasteiger partial charge on any atom is 0.0826 e. The monoisotopic (exact) mass is 235 g/mol. The summed E-state index contributed by atoms with van der Waals surface area (Å²) >= 11 is 0. The van der Waals surface area contributed by atoms with E-state index in [9.17, 15) is 5.11 Å². The average Bonchev–Trinajstić information content (AvgIpc) is 2.55. The highest BCUT2D eigenvalue weighted by Gasteiger charge is 2.37. The molecule has 0 spiro atoms. The summed E-state index contributed by atoms with van der Waals surface area (Å²) in [6, 6.07) is 4.26. The van der Waals surface area contributed by atoms with Crippen LogP contribution >= 0.6 is 0 Å². The second kappa shape index (κ2) is 4.16. The van der Waals surface area contributed by atoms with Crippen molar-refractivity contribution in [3.63, 3.8) is 0 Å². The van der Waals surface area contributed by atoms with E-state index >= 15 is 0 Å². The number of rotatable bonds is 2. The van der Waals surface area contributed by atoms with Crippen molar-refractivity contribution in [1.82, 2.24) is 4.57 Å². The first-order chi connectivity index (χ1) is 7.81. The smallest absolute Gasteiger partial charge is 0.0826 e. The first-order valence-electron chi connectivity index (χ1n) is 6.67. The van der Waals surface area contributed by atoms with Gasteiger partial charge in [0, 0.05) is 11.4 Å². The number of hydrogen-bond donors (Lipinski definition) is 1. The maximum absolute atomic E-state index is 10.7. The Hall–Kier alpha value is -0.760. The largest absolute Gasteiger partial charge is 0.388 e. The molecule has 0 amide bonds. The number of aliphatic hydroxyl groups is 1. The van der Waals surface area contributed by atoms with Crippen LogP contribution in [0, 0.1) is 19.3 Å². The van der Waals surface area contributed by atoms with Crippen molar-refractivity contribution in [2.75, 3.05) is 0 Å². The predicted molar refractivity (Wildman–Crippen MR) is 71.1 cm³/mol. The summed E-state index contributed by atoms with van der Waals surface area (Å²) in [6.45, 7) is 9.59. The van der Waals surface area contributed by atoms with Crippen LogP contribution in [0.15, 0.2) is 12.1 Å². The quantitative estimate of drug-likeness (QED) is 0.834. The van der Waals surface area contributed by atoms with Crippen LogP contribution < -0.4 is 0 Å². The molecule has 96 valence electrons. The van der Waals surface area contributed by atoms with E-state index in [0.717, 1.165) is 32.2 Å². The second-order valence-electron chi connectivity index (χ2n) is 6.59. The van der Waals surface area contributed by atoms with Crippen molar-refractivity contribution in [3.05, 3.63) is 23.5 Å². The molecule has 1 aliphatic rings. The van der Waals surface area contributed by atoms with Gasteiger partial charge in [0.15, 0.2) is 0 Å². The van der Waals surface area contributed by atoms with Gasteiger partial charge in [-0.05, 0) is 57.1 Å². The summed E-state index contributed by atoms with van der Waals surface area (Å²) in [6.07, 6.45) is 4.11. The van der Waals surface area contributed by atoms with E-state index < -0.39 is 5.60 Å². The Morgan fingerprint density at radius 3 is 2.00 bits per heavy atom. The molecule has 1 saturated carbocycles. The highest BCUT2D eigenvalue weighted by Crippen LogP contribution is 2.41. The molecule has 17 heavy (non-hydrogen) atoms. The molecule has 1 aliphatic carbocycles. The molecule has 0 aliphatic heterocycles. The maximum atomic E-state index is 10.7. The van der Waals surface area contributed by atoms with Gasteiger partial charge in [-0.15, -0.1) is 0 Å². The van der Waals surface area contributed by atoms with E-state index in [1.165, 1.54) is 11.4 Å². The number of aromatic nitrogens is 1. The molecule has 2 heteroatoms. The molecular weight excluding hydrogens is 210 g/mol. The summed E-state index contributed by atoms with van der Waals surface area (Å²) in [5, 5.41) is 10.7. The van der Waals surface area contributed by atoms with Crippen LogP contribution in [0.25, 0.3) is 0 Å². The molecule has 1 heterocycles. The first kappa shape index (κ1) is 12.7. The van der Waals surface area contributed by atoms with Crippen LogP contribution in [0.5, 0.6) is 0 Å². The molecule has 2 rings (SSSR count). The summed E-state index contributed by atoms with van der Waals surface area (Å²) in [4.78, 5) is 0. The molecule has 0 unspecified atom stereocenters. The molecule has 1 aromatic rings. The normalized spacial score (nSPS) is 22.6. The lowest BCUT2D eigenvalue weighted by molar-refractivity contribution is -0.0391. The zero-order chi connectivity index (χ0) is 12.7. The van der Waals surface area contributed by atoms with Crippen LogP contribution in [-0.4, -0.2) is 15.3 Å². The van der Waals surface area contributed by atoms with Crippen LogP contribution in [0.4, 0.5) is 0 Å². The van der Waals surface area contributed by atoms with Gasteiger partial charge in [-0.25, -0.2) is 0 Å². The molecule has 1 N–H and O–H groups in total. The Morgan fingerprint density at radius 1 is 1.06 bits per heavy atom.